The summed E-state index contributed by atoms with van der Waals surface area (Å²) in [7, 11) is 7.49. The number of methoxy groups -OCH3 is 2. The van der Waals surface area contributed by atoms with Crippen LogP contribution in [-0.4, -0.2) is 80.1 Å². The molecule has 0 unspecified atom stereocenters. The fourth-order valence-corrected chi connectivity index (χ4v) is 4.03. The van der Waals surface area contributed by atoms with Crippen LogP contribution in [0.15, 0.2) is 18.2 Å². The summed E-state index contributed by atoms with van der Waals surface area (Å²) in [5.74, 6) is 1.72. The Bertz CT molecular complexity index is 634. The number of benzene rings is 1. The highest BCUT2D eigenvalue weighted by atomic mass is 16.5. The third-order valence-electron chi connectivity index (χ3n) is 5.61. The number of hydrogen-bond donors (Lipinski definition) is 0. The minimum Gasteiger partial charge on any atom is -0.493 e. The van der Waals surface area contributed by atoms with Crippen LogP contribution in [-0.2, 0) is 11.3 Å². The largest absolute Gasteiger partial charge is 0.493 e. The van der Waals surface area contributed by atoms with E-state index in [1.165, 1.54) is 0 Å². The SMILES string of the molecule is COc1cccc(CN2C[C@@H]3C[C@H](N(C)C)CN3C(=O)[C@@H]2C)c1OC. The van der Waals surface area contributed by atoms with E-state index in [1.807, 2.05) is 25.1 Å². The van der Waals surface area contributed by atoms with Crippen molar-refractivity contribution in [2.24, 2.45) is 0 Å². The molecule has 1 aromatic rings. The van der Waals surface area contributed by atoms with E-state index in [2.05, 4.69) is 28.8 Å². The molecule has 25 heavy (non-hydrogen) atoms. The van der Waals surface area contributed by atoms with E-state index in [9.17, 15) is 4.79 Å². The first-order chi connectivity index (χ1) is 12.0. The van der Waals surface area contributed by atoms with Gasteiger partial charge in [-0.2, -0.15) is 0 Å². The number of ether oxygens (including phenoxy) is 2. The van der Waals surface area contributed by atoms with E-state index in [0.29, 0.717) is 18.6 Å². The number of fused-ring (bicyclic) bond motifs is 1. The van der Waals surface area contributed by atoms with Crippen LogP contribution in [0.5, 0.6) is 11.5 Å². The molecule has 0 bridgehead atoms. The summed E-state index contributed by atoms with van der Waals surface area (Å²) in [4.78, 5) is 19.4. The molecule has 2 fully saturated rings. The quantitative estimate of drug-likeness (QED) is 0.806. The molecule has 138 valence electrons. The maximum Gasteiger partial charge on any atom is 0.240 e. The second-order valence-corrected chi connectivity index (χ2v) is 7.26. The maximum atomic E-state index is 12.9. The topological polar surface area (TPSA) is 45.2 Å². The van der Waals surface area contributed by atoms with Crippen LogP contribution in [0.3, 0.4) is 0 Å². The lowest BCUT2D eigenvalue weighted by Crippen LogP contribution is -2.58. The van der Waals surface area contributed by atoms with Crippen LogP contribution in [0.2, 0.25) is 0 Å². The Labute approximate surface area is 150 Å². The Kier molecular flexibility index (Phi) is 5.20. The van der Waals surface area contributed by atoms with Gasteiger partial charge in [0, 0.05) is 37.3 Å². The smallest absolute Gasteiger partial charge is 0.240 e. The highest BCUT2D eigenvalue weighted by molar-refractivity contribution is 5.83. The molecule has 6 nitrogen and oxygen atoms in total. The van der Waals surface area contributed by atoms with Gasteiger partial charge < -0.3 is 19.3 Å². The van der Waals surface area contributed by atoms with Gasteiger partial charge in [-0.3, -0.25) is 9.69 Å². The number of piperazine rings is 1. The second kappa shape index (κ2) is 7.22. The second-order valence-electron chi connectivity index (χ2n) is 7.26. The molecule has 3 atom stereocenters. The van der Waals surface area contributed by atoms with Crippen molar-refractivity contribution in [1.29, 1.82) is 0 Å². The Hall–Kier alpha value is -1.79. The van der Waals surface area contributed by atoms with Gasteiger partial charge in [0.2, 0.25) is 5.91 Å². The van der Waals surface area contributed by atoms with Crippen molar-refractivity contribution in [3.05, 3.63) is 23.8 Å². The van der Waals surface area contributed by atoms with Gasteiger partial charge >= 0.3 is 0 Å². The van der Waals surface area contributed by atoms with Crippen LogP contribution in [0.25, 0.3) is 0 Å². The summed E-state index contributed by atoms with van der Waals surface area (Å²) in [6.45, 7) is 4.44. The summed E-state index contributed by atoms with van der Waals surface area (Å²) in [5, 5.41) is 0. The van der Waals surface area contributed by atoms with E-state index in [4.69, 9.17) is 9.47 Å². The van der Waals surface area contributed by atoms with Crippen LogP contribution >= 0.6 is 0 Å². The number of para-hydroxylation sites is 1. The number of hydrogen-bond acceptors (Lipinski definition) is 5. The lowest BCUT2D eigenvalue weighted by atomic mass is 10.0. The monoisotopic (exact) mass is 347 g/mol. The Morgan fingerprint density at radius 2 is 1.96 bits per heavy atom. The Balaban J connectivity index is 1.79. The van der Waals surface area contributed by atoms with Crippen molar-refractivity contribution in [3.63, 3.8) is 0 Å². The lowest BCUT2D eigenvalue weighted by molar-refractivity contribution is -0.143. The molecule has 0 aromatic heterocycles. The highest BCUT2D eigenvalue weighted by Gasteiger charge is 2.44. The molecule has 2 aliphatic rings. The molecule has 2 saturated heterocycles. The molecule has 1 amide bonds. The van der Waals surface area contributed by atoms with Gasteiger partial charge in [-0.25, -0.2) is 0 Å². The molecule has 0 spiro atoms. The first-order valence-corrected chi connectivity index (χ1v) is 8.87. The lowest BCUT2D eigenvalue weighted by Gasteiger charge is -2.41. The Morgan fingerprint density at radius 1 is 1.20 bits per heavy atom. The first-order valence-electron chi connectivity index (χ1n) is 8.87. The highest BCUT2D eigenvalue weighted by Crippen LogP contribution is 2.34. The zero-order chi connectivity index (χ0) is 18.1. The van der Waals surface area contributed by atoms with Crippen LogP contribution in [0.4, 0.5) is 0 Å². The zero-order valence-corrected chi connectivity index (χ0v) is 15.9. The molecule has 3 rings (SSSR count). The summed E-state index contributed by atoms with van der Waals surface area (Å²) in [6, 6.07) is 6.54. The first kappa shape index (κ1) is 18.0. The number of rotatable bonds is 5. The van der Waals surface area contributed by atoms with Gasteiger partial charge in [-0.15, -0.1) is 0 Å². The standard InChI is InChI=1S/C19H29N3O3/c1-13-19(23)22-12-15(20(2)3)9-16(22)11-21(13)10-14-7-6-8-17(24-4)18(14)25-5/h6-8,13,15-16H,9-12H2,1-5H3/t13-,15-,16-/m0/s1. The molecule has 0 N–H and O–H groups in total. The van der Waals surface area contributed by atoms with Gasteiger partial charge in [-0.1, -0.05) is 12.1 Å². The number of amides is 1. The zero-order valence-electron chi connectivity index (χ0n) is 15.9. The Morgan fingerprint density at radius 3 is 2.60 bits per heavy atom. The molecule has 2 heterocycles. The van der Waals surface area contributed by atoms with Crippen LogP contribution in [0, 0.1) is 0 Å². The molecule has 6 heteroatoms. The summed E-state index contributed by atoms with van der Waals surface area (Å²) in [6.07, 6.45) is 1.04. The van der Waals surface area contributed by atoms with Crippen LogP contribution in [0.1, 0.15) is 18.9 Å². The molecule has 0 aliphatic carbocycles. The number of likely N-dealkylation sites (N-methyl/N-ethyl adjacent to an activating group) is 1. The van der Waals surface area contributed by atoms with Crippen molar-refractivity contribution in [3.8, 4) is 11.5 Å². The number of carbonyl (C=O) groups is 1. The van der Waals surface area contributed by atoms with Crippen molar-refractivity contribution in [2.45, 2.75) is 38.0 Å². The predicted molar refractivity (Wildman–Crippen MR) is 97.0 cm³/mol. The van der Waals surface area contributed by atoms with Crippen LogP contribution < -0.4 is 9.47 Å². The minimum atomic E-state index is -0.118. The predicted octanol–water partition coefficient (Wildman–Crippen LogP) is 1.44. The van der Waals surface area contributed by atoms with Crippen molar-refractivity contribution < 1.29 is 14.3 Å². The number of carbonyl (C=O) groups excluding carboxylic acids is 1. The van der Waals surface area contributed by atoms with Gasteiger partial charge in [-0.05, 0) is 33.5 Å². The van der Waals surface area contributed by atoms with Gasteiger partial charge in [0.15, 0.2) is 11.5 Å². The van der Waals surface area contributed by atoms with Gasteiger partial charge in [0.25, 0.3) is 0 Å². The van der Waals surface area contributed by atoms with Crippen molar-refractivity contribution in [1.82, 2.24) is 14.7 Å². The van der Waals surface area contributed by atoms with E-state index in [0.717, 1.165) is 36.6 Å². The maximum absolute atomic E-state index is 12.9. The van der Waals surface area contributed by atoms with E-state index >= 15 is 0 Å². The summed E-state index contributed by atoms with van der Waals surface area (Å²) in [5.41, 5.74) is 1.05. The number of nitrogens with zero attached hydrogens (tertiary/aromatic N) is 3. The van der Waals surface area contributed by atoms with E-state index in [-0.39, 0.29) is 11.9 Å². The third kappa shape index (κ3) is 3.33. The molecule has 1 aromatic carbocycles. The average molecular weight is 347 g/mol. The normalized spacial score (nSPS) is 26.9. The minimum absolute atomic E-state index is 0.118. The van der Waals surface area contributed by atoms with E-state index < -0.39 is 0 Å². The van der Waals surface area contributed by atoms with Crippen molar-refractivity contribution >= 4 is 5.91 Å². The fourth-order valence-electron chi connectivity index (χ4n) is 4.03. The molecular formula is C19H29N3O3. The summed E-state index contributed by atoms with van der Waals surface area (Å²) >= 11 is 0. The van der Waals surface area contributed by atoms with Crippen molar-refractivity contribution in [2.75, 3.05) is 41.4 Å². The summed E-state index contributed by atoms with van der Waals surface area (Å²) < 4.78 is 11.0. The molecular weight excluding hydrogens is 318 g/mol. The fraction of sp³-hybridized carbons (Fsp3) is 0.632. The molecule has 0 saturated carbocycles. The third-order valence-corrected chi connectivity index (χ3v) is 5.61. The van der Waals surface area contributed by atoms with E-state index in [1.54, 1.807) is 14.2 Å². The average Bonchev–Trinajstić information content (AvgIpc) is 3.03. The van der Waals surface area contributed by atoms with Gasteiger partial charge in [0.05, 0.1) is 20.3 Å². The molecule has 2 aliphatic heterocycles. The van der Waals surface area contributed by atoms with Gasteiger partial charge in [0.1, 0.15) is 0 Å². The molecule has 0 radical (unpaired) electrons.